The van der Waals surface area contributed by atoms with Crippen LogP contribution in [0.15, 0.2) is 12.1 Å². The Morgan fingerprint density at radius 3 is 2.65 bits per heavy atom. The van der Waals surface area contributed by atoms with Crippen molar-refractivity contribution in [3.05, 3.63) is 28.5 Å². The van der Waals surface area contributed by atoms with Crippen LogP contribution in [0.5, 0.6) is 5.75 Å². The molecule has 0 unspecified atom stereocenters. The predicted molar refractivity (Wildman–Crippen MR) is 85.1 cm³/mol. The highest BCUT2D eigenvalue weighted by Gasteiger charge is 2.35. The van der Waals surface area contributed by atoms with Gasteiger partial charge in [0.1, 0.15) is 4.75 Å². The van der Waals surface area contributed by atoms with Crippen molar-refractivity contribution in [2.75, 3.05) is 5.88 Å². The van der Waals surface area contributed by atoms with Crippen molar-refractivity contribution >= 4 is 23.4 Å². The predicted octanol–water partition coefficient (Wildman–Crippen LogP) is 3.80. The van der Waals surface area contributed by atoms with Gasteiger partial charge in [-0.3, -0.25) is 5.32 Å². The van der Waals surface area contributed by atoms with Crippen molar-refractivity contribution in [1.82, 2.24) is 5.32 Å². The molecule has 1 saturated carbocycles. The van der Waals surface area contributed by atoms with E-state index < -0.39 is 11.6 Å². The molecule has 0 saturated heterocycles. The van der Waals surface area contributed by atoms with E-state index in [9.17, 15) is 9.50 Å². The van der Waals surface area contributed by atoms with Crippen LogP contribution in [0.1, 0.15) is 45.2 Å². The maximum absolute atomic E-state index is 14.2. The van der Waals surface area contributed by atoms with Gasteiger partial charge in [-0.15, -0.1) is 0 Å². The van der Waals surface area contributed by atoms with E-state index in [-0.39, 0.29) is 15.8 Å². The molecule has 1 aromatic carbocycles. The van der Waals surface area contributed by atoms with E-state index in [0.29, 0.717) is 11.5 Å². The summed E-state index contributed by atoms with van der Waals surface area (Å²) in [6.07, 6.45) is 2.21. The summed E-state index contributed by atoms with van der Waals surface area (Å²) in [4.78, 5) is 0. The number of halogens is 2. The minimum atomic E-state index is -0.589. The fourth-order valence-electron chi connectivity index (χ4n) is 2.14. The molecule has 112 valence electrons. The van der Waals surface area contributed by atoms with E-state index in [1.54, 1.807) is 12.1 Å². The van der Waals surface area contributed by atoms with Crippen LogP contribution >= 0.6 is 11.6 Å². The van der Waals surface area contributed by atoms with E-state index in [0.717, 1.165) is 18.7 Å². The van der Waals surface area contributed by atoms with Crippen LogP contribution in [-0.4, -0.2) is 15.7 Å². The topological polar surface area (TPSA) is 32.3 Å². The molecule has 0 spiro atoms. The second-order valence-electron chi connectivity index (χ2n) is 6.31. The first-order valence-corrected chi connectivity index (χ1v) is 8.34. The molecule has 1 aliphatic carbocycles. The molecule has 0 aromatic heterocycles. The molecule has 0 bridgehead atoms. The molecule has 1 fully saturated rings. The lowest BCUT2D eigenvalue weighted by atomic mass is 10.0. The van der Waals surface area contributed by atoms with Crippen LogP contribution in [0.25, 0.3) is 0 Å². The second kappa shape index (κ2) is 6.12. The van der Waals surface area contributed by atoms with E-state index in [2.05, 4.69) is 26.1 Å². The zero-order chi connectivity index (χ0) is 14.9. The van der Waals surface area contributed by atoms with Crippen LogP contribution in [0.2, 0.25) is 5.02 Å². The molecule has 1 aromatic rings. The van der Waals surface area contributed by atoms with Crippen LogP contribution < -0.4 is 5.32 Å². The van der Waals surface area contributed by atoms with Crippen molar-refractivity contribution in [3.8, 4) is 5.75 Å². The third kappa shape index (κ3) is 4.03. The third-order valence-corrected chi connectivity index (χ3v) is 4.98. The molecule has 0 amide bonds. The number of nitrogens with one attached hydrogen (secondary N) is 1. The summed E-state index contributed by atoms with van der Waals surface area (Å²) in [5, 5.41) is 13.2. The molecule has 2 rings (SSSR count). The van der Waals surface area contributed by atoms with Gasteiger partial charge >= 0.3 is 0 Å². The van der Waals surface area contributed by atoms with E-state index in [4.69, 9.17) is 11.6 Å². The van der Waals surface area contributed by atoms with Crippen LogP contribution in [0.3, 0.4) is 0 Å². The molecule has 1 aliphatic rings. The maximum Gasteiger partial charge on any atom is 0.171 e. The highest BCUT2D eigenvalue weighted by Crippen LogP contribution is 2.43. The van der Waals surface area contributed by atoms with Gasteiger partial charge in [0.05, 0.1) is 5.02 Å². The smallest absolute Gasteiger partial charge is 0.171 e. The fraction of sp³-hybridized carbons (Fsp3) is 0.600. The third-order valence-electron chi connectivity index (χ3n) is 3.39. The average molecular weight is 319 g/mol. The molecule has 5 heteroatoms. The summed E-state index contributed by atoms with van der Waals surface area (Å²) < 4.78 is 14.4. The first-order valence-electron chi connectivity index (χ1n) is 6.88. The van der Waals surface area contributed by atoms with Crippen molar-refractivity contribution in [1.29, 1.82) is 0 Å². The SMILES string of the molecule is CC(C)(C)[SH+]CN[C@@H](c1ccc(Cl)c(O)c1F)C1CC1. The van der Waals surface area contributed by atoms with Crippen molar-refractivity contribution in [2.45, 2.75) is 44.4 Å². The Hall–Kier alpha value is -0.450. The average Bonchev–Trinajstić information content (AvgIpc) is 3.16. The Balaban J connectivity index is 2.11. The summed E-state index contributed by atoms with van der Waals surface area (Å²) in [5.41, 5.74) is 0.526. The minimum Gasteiger partial charge on any atom is -0.504 e. The van der Waals surface area contributed by atoms with Gasteiger partial charge in [-0.25, -0.2) is 4.39 Å². The Labute approximate surface area is 129 Å². The van der Waals surface area contributed by atoms with Crippen LogP contribution in [0, 0.1) is 11.7 Å². The van der Waals surface area contributed by atoms with Gasteiger partial charge in [0.15, 0.2) is 17.4 Å². The number of rotatable bonds is 5. The van der Waals surface area contributed by atoms with E-state index in [1.807, 2.05) is 0 Å². The van der Waals surface area contributed by atoms with Crippen molar-refractivity contribution in [3.63, 3.8) is 0 Å². The molecular formula is C15H22ClFNOS+. The number of phenolic OH excluding ortho intramolecular Hbond substituents is 1. The Morgan fingerprint density at radius 1 is 1.45 bits per heavy atom. The summed E-state index contributed by atoms with van der Waals surface area (Å²) in [5.74, 6) is 0.243. The quantitative estimate of drug-likeness (QED) is 0.639. The molecule has 2 N–H and O–H groups in total. The van der Waals surface area contributed by atoms with Gasteiger partial charge in [-0.1, -0.05) is 17.7 Å². The van der Waals surface area contributed by atoms with Gasteiger partial charge in [0, 0.05) is 11.6 Å². The lowest BCUT2D eigenvalue weighted by Crippen LogP contribution is -2.31. The largest absolute Gasteiger partial charge is 0.504 e. The number of benzene rings is 1. The number of thiol groups is 1. The van der Waals surface area contributed by atoms with Crippen LogP contribution in [-0.2, 0) is 11.8 Å². The molecule has 2 nitrogen and oxygen atoms in total. The number of phenols is 1. The summed E-state index contributed by atoms with van der Waals surface area (Å²) in [6, 6.07) is 3.21. The number of aromatic hydroxyl groups is 1. The standard InChI is InChI=1S/C15H21ClFNOS/c1-15(2,3)20-8-18-13(9-4-5-9)10-6-7-11(16)14(19)12(10)17/h6-7,9,13,18-19H,4-5,8H2,1-3H3/p+1/t13-/m1/s1. The van der Waals surface area contributed by atoms with Gasteiger partial charge in [-0.05, 0) is 57.4 Å². The normalized spacial score (nSPS) is 17.2. The molecular weight excluding hydrogens is 297 g/mol. The molecule has 1 atom stereocenters. The van der Waals surface area contributed by atoms with Crippen molar-refractivity contribution < 1.29 is 9.50 Å². The lowest BCUT2D eigenvalue weighted by Gasteiger charge is -2.19. The van der Waals surface area contributed by atoms with E-state index >= 15 is 0 Å². The molecule has 0 heterocycles. The lowest BCUT2D eigenvalue weighted by molar-refractivity contribution is 0.414. The molecule has 0 radical (unpaired) electrons. The minimum absolute atomic E-state index is 0.0342. The summed E-state index contributed by atoms with van der Waals surface area (Å²) >= 11 is 7.02. The van der Waals surface area contributed by atoms with Gasteiger partial charge in [-0.2, -0.15) is 0 Å². The Bertz CT molecular complexity index is 485. The van der Waals surface area contributed by atoms with Gasteiger partial charge < -0.3 is 5.11 Å². The Morgan fingerprint density at radius 2 is 2.10 bits per heavy atom. The number of hydrogen-bond acceptors (Lipinski definition) is 2. The Kier molecular flexibility index (Phi) is 4.88. The summed E-state index contributed by atoms with van der Waals surface area (Å²) in [6.45, 7) is 6.53. The van der Waals surface area contributed by atoms with Gasteiger partial charge in [0.25, 0.3) is 0 Å². The van der Waals surface area contributed by atoms with E-state index in [1.165, 1.54) is 11.8 Å². The molecule has 20 heavy (non-hydrogen) atoms. The van der Waals surface area contributed by atoms with Gasteiger partial charge in [0.2, 0.25) is 0 Å². The fourth-order valence-corrected chi connectivity index (χ4v) is 3.05. The van der Waals surface area contributed by atoms with Crippen molar-refractivity contribution in [2.24, 2.45) is 5.92 Å². The first-order chi connectivity index (χ1) is 9.29. The molecule has 0 aliphatic heterocycles. The summed E-state index contributed by atoms with van der Waals surface area (Å²) in [7, 11) is 0. The monoisotopic (exact) mass is 318 g/mol. The first kappa shape index (κ1) is 15.9. The maximum atomic E-state index is 14.2. The number of hydrogen-bond donors (Lipinski definition) is 2. The second-order valence-corrected chi connectivity index (χ2v) is 8.69. The zero-order valence-electron chi connectivity index (χ0n) is 12.1. The highest BCUT2D eigenvalue weighted by atomic mass is 35.5. The van der Waals surface area contributed by atoms with Crippen LogP contribution in [0.4, 0.5) is 4.39 Å². The highest BCUT2D eigenvalue weighted by molar-refractivity contribution is 7.79. The zero-order valence-corrected chi connectivity index (χ0v) is 13.7.